The molecular weight excluding hydrogens is 242 g/mol. The molecule has 0 amide bonds. The molecule has 18 heavy (non-hydrogen) atoms. The maximum absolute atomic E-state index is 3.55. The van der Waals surface area contributed by atoms with Gasteiger partial charge in [0.2, 0.25) is 0 Å². The Morgan fingerprint density at radius 1 is 1.39 bits per heavy atom. The van der Waals surface area contributed by atoms with Crippen molar-refractivity contribution in [3.63, 3.8) is 0 Å². The van der Waals surface area contributed by atoms with Gasteiger partial charge in [0.05, 0.1) is 0 Å². The highest BCUT2D eigenvalue weighted by Crippen LogP contribution is 2.14. The van der Waals surface area contributed by atoms with Crippen LogP contribution in [-0.4, -0.2) is 50.4 Å². The first-order chi connectivity index (χ1) is 8.79. The van der Waals surface area contributed by atoms with Crippen molar-refractivity contribution >= 4 is 11.8 Å². The van der Waals surface area contributed by atoms with Crippen LogP contribution in [0.5, 0.6) is 0 Å². The Labute approximate surface area is 114 Å². The van der Waals surface area contributed by atoms with E-state index in [0.717, 1.165) is 32.7 Å². The van der Waals surface area contributed by atoms with E-state index in [4.69, 9.17) is 0 Å². The predicted molar refractivity (Wildman–Crippen MR) is 79.2 cm³/mol. The van der Waals surface area contributed by atoms with Gasteiger partial charge in [0.15, 0.2) is 0 Å². The lowest BCUT2D eigenvalue weighted by Gasteiger charge is -2.33. The largest absolute Gasteiger partial charge is 0.314 e. The van der Waals surface area contributed by atoms with Crippen molar-refractivity contribution in [2.75, 3.05) is 39.5 Å². The molecule has 3 nitrogen and oxygen atoms in total. The topological polar surface area (TPSA) is 27.3 Å². The summed E-state index contributed by atoms with van der Waals surface area (Å²) in [7, 11) is 2.21. The summed E-state index contributed by atoms with van der Waals surface area (Å²) in [6.07, 6.45) is 2.11. The zero-order valence-electron chi connectivity index (χ0n) is 11.3. The van der Waals surface area contributed by atoms with Gasteiger partial charge in [0, 0.05) is 43.7 Å². The van der Waals surface area contributed by atoms with Gasteiger partial charge in [-0.3, -0.25) is 4.90 Å². The van der Waals surface area contributed by atoms with Crippen LogP contribution >= 0.6 is 11.8 Å². The fourth-order valence-electron chi connectivity index (χ4n) is 2.22. The molecule has 0 aliphatic carbocycles. The molecule has 1 heterocycles. The molecule has 1 unspecified atom stereocenters. The highest BCUT2D eigenvalue weighted by Gasteiger charge is 2.17. The molecule has 2 rings (SSSR count). The van der Waals surface area contributed by atoms with Crippen molar-refractivity contribution in [3.8, 4) is 0 Å². The van der Waals surface area contributed by atoms with Crippen molar-refractivity contribution in [1.82, 2.24) is 15.5 Å². The Bertz CT molecular complexity index is 353. The standard InChI is InChI=1S/C14H23N3S/c1-17-8-7-15-10-13(17)11-16-9-12-3-5-14(18-2)6-4-12/h3-6,13,15-16H,7-11H2,1-2H3. The monoisotopic (exact) mass is 265 g/mol. The molecule has 1 aromatic rings. The molecule has 1 aliphatic heterocycles. The van der Waals surface area contributed by atoms with E-state index < -0.39 is 0 Å². The number of piperazine rings is 1. The van der Waals surface area contributed by atoms with Crippen molar-refractivity contribution in [1.29, 1.82) is 0 Å². The fourth-order valence-corrected chi connectivity index (χ4v) is 2.63. The van der Waals surface area contributed by atoms with E-state index in [2.05, 4.69) is 53.1 Å². The van der Waals surface area contributed by atoms with Gasteiger partial charge in [0.1, 0.15) is 0 Å². The minimum absolute atomic E-state index is 0.615. The van der Waals surface area contributed by atoms with Crippen LogP contribution in [0.2, 0.25) is 0 Å². The molecule has 0 bridgehead atoms. The van der Waals surface area contributed by atoms with Crippen molar-refractivity contribution < 1.29 is 0 Å². The second-order valence-corrected chi connectivity index (χ2v) is 5.70. The van der Waals surface area contributed by atoms with Crippen LogP contribution in [-0.2, 0) is 6.54 Å². The van der Waals surface area contributed by atoms with Gasteiger partial charge in [-0.25, -0.2) is 0 Å². The quantitative estimate of drug-likeness (QED) is 0.787. The molecule has 100 valence electrons. The summed E-state index contributed by atoms with van der Waals surface area (Å²) in [6, 6.07) is 9.42. The highest BCUT2D eigenvalue weighted by atomic mass is 32.2. The van der Waals surface area contributed by atoms with Crippen molar-refractivity contribution in [2.24, 2.45) is 0 Å². The molecule has 1 atom stereocenters. The van der Waals surface area contributed by atoms with Crippen LogP contribution in [0.1, 0.15) is 5.56 Å². The first-order valence-corrected chi connectivity index (χ1v) is 7.76. The van der Waals surface area contributed by atoms with Crippen LogP contribution in [0.4, 0.5) is 0 Å². The summed E-state index contributed by atoms with van der Waals surface area (Å²) >= 11 is 1.79. The Kier molecular flexibility index (Phi) is 5.50. The third-order valence-electron chi connectivity index (χ3n) is 3.51. The van der Waals surface area contributed by atoms with E-state index in [1.165, 1.54) is 10.5 Å². The average molecular weight is 265 g/mol. The van der Waals surface area contributed by atoms with E-state index in [1.807, 2.05) is 0 Å². The fraction of sp³-hybridized carbons (Fsp3) is 0.571. The number of hydrogen-bond donors (Lipinski definition) is 2. The van der Waals surface area contributed by atoms with Crippen LogP contribution in [0, 0.1) is 0 Å². The maximum atomic E-state index is 3.55. The second kappa shape index (κ2) is 7.14. The number of thioether (sulfide) groups is 1. The molecule has 0 spiro atoms. The van der Waals surface area contributed by atoms with Gasteiger partial charge in [-0.15, -0.1) is 11.8 Å². The molecule has 2 N–H and O–H groups in total. The molecular formula is C14H23N3S. The SMILES string of the molecule is CSc1ccc(CNCC2CNCCN2C)cc1. The molecule has 0 aromatic heterocycles. The van der Waals surface area contributed by atoms with Crippen molar-refractivity contribution in [2.45, 2.75) is 17.5 Å². The Morgan fingerprint density at radius 3 is 2.83 bits per heavy atom. The minimum atomic E-state index is 0.615. The zero-order valence-corrected chi connectivity index (χ0v) is 12.1. The molecule has 4 heteroatoms. The third-order valence-corrected chi connectivity index (χ3v) is 4.26. The lowest BCUT2D eigenvalue weighted by molar-refractivity contribution is 0.195. The van der Waals surface area contributed by atoms with Gasteiger partial charge in [-0.2, -0.15) is 0 Å². The number of nitrogens with one attached hydrogen (secondary N) is 2. The minimum Gasteiger partial charge on any atom is -0.314 e. The predicted octanol–water partition coefficient (Wildman–Crippen LogP) is 1.40. The van der Waals surface area contributed by atoms with E-state index in [1.54, 1.807) is 11.8 Å². The second-order valence-electron chi connectivity index (χ2n) is 4.82. The summed E-state index contributed by atoms with van der Waals surface area (Å²) in [5.41, 5.74) is 1.36. The molecule has 0 saturated carbocycles. The van der Waals surface area contributed by atoms with Crippen LogP contribution in [0.3, 0.4) is 0 Å². The van der Waals surface area contributed by atoms with Gasteiger partial charge in [-0.1, -0.05) is 12.1 Å². The zero-order chi connectivity index (χ0) is 12.8. The van der Waals surface area contributed by atoms with E-state index >= 15 is 0 Å². The lowest BCUT2D eigenvalue weighted by Crippen LogP contribution is -2.53. The molecule has 1 aromatic carbocycles. The Morgan fingerprint density at radius 2 is 2.17 bits per heavy atom. The van der Waals surface area contributed by atoms with Gasteiger partial charge in [0.25, 0.3) is 0 Å². The molecule has 0 radical (unpaired) electrons. The summed E-state index contributed by atoms with van der Waals surface area (Å²) in [5.74, 6) is 0. The summed E-state index contributed by atoms with van der Waals surface area (Å²) < 4.78 is 0. The van der Waals surface area contributed by atoms with Gasteiger partial charge in [-0.05, 0) is 31.0 Å². The van der Waals surface area contributed by atoms with Crippen LogP contribution in [0.25, 0.3) is 0 Å². The summed E-state index contributed by atoms with van der Waals surface area (Å²) in [5, 5.41) is 7.00. The number of benzene rings is 1. The summed E-state index contributed by atoms with van der Waals surface area (Å²) in [6.45, 7) is 5.36. The van der Waals surface area contributed by atoms with E-state index in [0.29, 0.717) is 6.04 Å². The molecule has 1 saturated heterocycles. The first kappa shape index (κ1) is 13.9. The Hall–Kier alpha value is -0.550. The smallest absolute Gasteiger partial charge is 0.0342 e. The van der Waals surface area contributed by atoms with Crippen molar-refractivity contribution in [3.05, 3.63) is 29.8 Å². The number of nitrogens with zero attached hydrogens (tertiary/aromatic N) is 1. The lowest BCUT2D eigenvalue weighted by atomic mass is 10.2. The molecule has 1 fully saturated rings. The summed E-state index contributed by atoms with van der Waals surface area (Å²) in [4.78, 5) is 3.76. The average Bonchev–Trinajstić information content (AvgIpc) is 2.42. The normalized spacial score (nSPS) is 21.1. The number of rotatable bonds is 5. The van der Waals surface area contributed by atoms with Gasteiger partial charge < -0.3 is 10.6 Å². The highest BCUT2D eigenvalue weighted by molar-refractivity contribution is 7.98. The van der Waals surface area contributed by atoms with Crippen LogP contribution < -0.4 is 10.6 Å². The maximum Gasteiger partial charge on any atom is 0.0342 e. The first-order valence-electron chi connectivity index (χ1n) is 6.54. The molecule has 1 aliphatic rings. The van der Waals surface area contributed by atoms with E-state index in [9.17, 15) is 0 Å². The van der Waals surface area contributed by atoms with E-state index in [-0.39, 0.29) is 0 Å². The Balaban J connectivity index is 1.73. The van der Waals surface area contributed by atoms with Crippen LogP contribution in [0.15, 0.2) is 29.2 Å². The third kappa shape index (κ3) is 3.99. The number of likely N-dealkylation sites (N-methyl/N-ethyl adjacent to an activating group) is 1. The van der Waals surface area contributed by atoms with Gasteiger partial charge >= 0.3 is 0 Å². The number of hydrogen-bond acceptors (Lipinski definition) is 4.